The van der Waals surface area contributed by atoms with Gasteiger partial charge in [0.25, 0.3) is 0 Å². The number of carbonyl (C=O) groups is 1. The second kappa shape index (κ2) is 6.58. The average molecular weight is 301 g/mol. The monoisotopic (exact) mass is 300 g/mol. The van der Waals surface area contributed by atoms with Crippen molar-refractivity contribution in [2.45, 2.75) is 31.3 Å². The zero-order valence-electron chi connectivity index (χ0n) is 11.2. The Morgan fingerprint density at radius 1 is 1.26 bits per heavy atom. The molecule has 1 atom stereocenters. The second-order valence-corrected chi connectivity index (χ2v) is 6.58. The number of carbonyl (C=O) groups excluding carboxylic acids is 1. The Labute approximate surface area is 120 Å². The molecule has 1 unspecified atom stereocenters. The number of hydrogen-bond acceptors (Lipinski definition) is 3. The summed E-state index contributed by atoms with van der Waals surface area (Å²) in [6.45, 7) is 0. The van der Waals surface area contributed by atoms with E-state index in [1.54, 1.807) is 19.2 Å². The van der Waals surface area contributed by atoms with Crippen LogP contribution in [0.3, 0.4) is 0 Å². The van der Waals surface area contributed by atoms with Crippen LogP contribution in [0.15, 0.2) is 12.1 Å². The summed E-state index contributed by atoms with van der Waals surface area (Å²) < 4.78 is 10.5. The first-order chi connectivity index (χ1) is 9.17. The van der Waals surface area contributed by atoms with E-state index in [1.807, 2.05) is 0 Å². The van der Waals surface area contributed by atoms with Crippen LogP contribution in [0.5, 0.6) is 11.5 Å². The van der Waals surface area contributed by atoms with Gasteiger partial charge in [0.1, 0.15) is 11.3 Å². The largest absolute Gasteiger partial charge is 0.496 e. The topological polar surface area (TPSA) is 35.5 Å². The lowest BCUT2D eigenvalue weighted by Gasteiger charge is -2.15. The molecule has 0 N–H and O–H groups in total. The molecule has 1 aliphatic carbocycles. The molecule has 0 amide bonds. The first-order valence-corrected chi connectivity index (χ1v) is 7.84. The standard InChI is InChI=1S/C14H18ClO3P/c1-17-11-8-7-10(15)13(18-2)12(11)14(16)19-9-5-3-4-6-9/h7-9,19H,3-6H2,1-2H3. The van der Waals surface area contributed by atoms with Gasteiger partial charge >= 0.3 is 0 Å². The van der Waals surface area contributed by atoms with Gasteiger partial charge in [-0.3, -0.25) is 4.79 Å². The molecule has 3 nitrogen and oxygen atoms in total. The van der Waals surface area contributed by atoms with Gasteiger partial charge in [-0.15, -0.1) is 0 Å². The van der Waals surface area contributed by atoms with Gasteiger partial charge in [0.05, 0.1) is 19.2 Å². The molecule has 104 valence electrons. The Balaban J connectivity index is 2.30. The lowest BCUT2D eigenvalue weighted by Crippen LogP contribution is -2.05. The summed E-state index contributed by atoms with van der Waals surface area (Å²) in [6, 6.07) is 3.41. The highest BCUT2D eigenvalue weighted by Crippen LogP contribution is 2.43. The first kappa shape index (κ1) is 14.6. The van der Waals surface area contributed by atoms with Crippen LogP contribution in [-0.2, 0) is 0 Å². The highest BCUT2D eigenvalue weighted by molar-refractivity contribution is 7.59. The Hall–Kier alpha value is -0.790. The molecule has 0 heterocycles. The number of hydrogen-bond donors (Lipinski definition) is 0. The van der Waals surface area contributed by atoms with E-state index in [9.17, 15) is 4.79 Å². The lowest BCUT2D eigenvalue weighted by atomic mass is 10.2. The molecule has 0 radical (unpaired) electrons. The highest BCUT2D eigenvalue weighted by atomic mass is 35.5. The third-order valence-electron chi connectivity index (χ3n) is 3.41. The number of methoxy groups -OCH3 is 2. The van der Waals surface area contributed by atoms with Crippen molar-refractivity contribution in [1.29, 1.82) is 0 Å². The molecule has 0 bridgehead atoms. The Morgan fingerprint density at radius 2 is 1.95 bits per heavy atom. The zero-order chi connectivity index (χ0) is 13.8. The minimum Gasteiger partial charge on any atom is -0.496 e. The molecule has 1 aromatic carbocycles. The number of benzene rings is 1. The van der Waals surface area contributed by atoms with Gasteiger partial charge in [-0.1, -0.05) is 24.4 Å². The van der Waals surface area contributed by atoms with Crippen molar-refractivity contribution in [2.24, 2.45) is 0 Å². The molecule has 5 heteroatoms. The van der Waals surface area contributed by atoms with Crippen molar-refractivity contribution < 1.29 is 14.3 Å². The lowest BCUT2D eigenvalue weighted by molar-refractivity contribution is 0.107. The molecule has 1 aliphatic rings. The van der Waals surface area contributed by atoms with Crippen molar-refractivity contribution in [3.8, 4) is 11.5 Å². The van der Waals surface area contributed by atoms with Crippen LogP contribution in [0.1, 0.15) is 36.0 Å². The van der Waals surface area contributed by atoms with E-state index in [-0.39, 0.29) is 14.1 Å². The van der Waals surface area contributed by atoms with Crippen molar-refractivity contribution in [3.05, 3.63) is 22.7 Å². The number of ether oxygens (including phenoxy) is 2. The molecule has 1 saturated carbocycles. The van der Waals surface area contributed by atoms with Crippen LogP contribution in [0.25, 0.3) is 0 Å². The summed E-state index contributed by atoms with van der Waals surface area (Å²) in [5, 5.41) is 0.447. The summed E-state index contributed by atoms with van der Waals surface area (Å²) in [5.74, 6) is 0.966. The predicted octanol–water partition coefficient (Wildman–Crippen LogP) is 4.12. The van der Waals surface area contributed by atoms with Crippen LogP contribution < -0.4 is 9.47 Å². The summed E-state index contributed by atoms with van der Waals surface area (Å²) in [6.07, 6.45) is 4.76. The van der Waals surface area contributed by atoms with E-state index in [1.165, 1.54) is 20.0 Å². The first-order valence-electron chi connectivity index (χ1n) is 6.38. The fourth-order valence-electron chi connectivity index (χ4n) is 2.45. The zero-order valence-corrected chi connectivity index (χ0v) is 12.9. The van der Waals surface area contributed by atoms with E-state index < -0.39 is 0 Å². The fraction of sp³-hybridized carbons (Fsp3) is 0.500. The molecule has 0 spiro atoms. The van der Waals surface area contributed by atoms with Crippen LogP contribution >= 0.6 is 20.2 Å². The number of halogens is 1. The van der Waals surface area contributed by atoms with Crippen molar-refractivity contribution in [3.63, 3.8) is 0 Å². The summed E-state index contributed by atoms with van der Waals surface area (Å²) in [5.41, 5.74) is 1.09. The van der Waals surface area contributed by atoms with Gasteiger partial charge in [0, 0.05) is 0 Å². The third kappa shape index (κ3) is 3.21. The van der Waals surface area contributed by atoms with Gasteiger partial charge in [0.2, 0.25) is 0 Å². The fourth-order valence-corrected chi connectivity index (χ4v) is 4.13. The van der Waals surface area contributed by atoms with E-state index in [0.717, 1.165) is 12.8 Å². The van der Waals surface area contributed by atoms with Crippen molar-refractivity contribution in [2.75, 3.05) is 14.2 Å². The quantitative estimate of drug-likeness (QED) is 0.767. The molecule has 0 aliphatic heterocycles. The molecular formula is C14H18ClO3P. The normalized spacial score (nSPS) is 16.2. The van der Waals surface area contributed by atoms with Crippen LogP contribution in [0.2, 0.25) is 5.02 Å². The molecular weight excluding hydrogens is 283 g/mol. The second-order valence-electron chi connectivity index (χ2n) is 4.61. The Morgan fingerprint density at radius 3 is 2.53 bits per heavy atom. The third-order valence-corrected chi connectivity index (χ3v) is 5.21. The highest BCUT2D eigenvalue weighted by Gasteiger charge is 2.25. The summed E-state index contributed by atoms with van der Waals surface area (Å²) >= 11 is 6.09. The van der Waals surface area contributed by atoms with Crippen molar-refractivity contribution in [1.82, 2.24) is 0 Å². The Bertz CT molecular complexity index is 470. The minimum atomic E-state index is 0.0862. The van der Waals surface area contributed by atoms with Gasteiger partial charge in [-0.05, 0) is 39.2 Å². The van der Waals surface area contributed by atoms with Gasteiger partial charge in [-0.25, -0.2) is 0 Å². The Kier molecular flexibility index (Phi) is 5.06. The van der Waals surface area contributed by atoms with Gasteiger partial charge in [0.15, 0.2) is 11.3 Å². The van der Waals surface area contributed by atoms with E-state index in [2.05, 4.69) is 0 Å². The SMILES string of the molecule is COc1ccc(Cl)c(OC)c1C(=O)PC1CCCC1. The maximum absolute atomic E-state index is 12.5. The van der Waals surface area contributed by atoms with Gasteiger partial charge in [-0.2, -0.15) is 0 Å². The molecule has 2 rings (SSSR count). The van der Waals surface area contributed by atoms with Crippen molar-refractivity contribution >= 4 is 25.7 Å². The maximum atomic E-state index is 12.5. The van der Waals surface area contributed by atoms with E-state index >= 15 is 0 Å². The summed E-state index contributed by atoms with van der Waals surface area (Å²) in [7, 11) is 3.35. The van der Waals surface area contributed by atoms with E-state index in [4.69, 9.17) is 21.1 Å². The van der Waals surface area contributed by atoms with Gasteiger partial charge < -0.3 is 9.47 Å². The molecule has 0 saturated heterocycles. The van der Waals surface area contributed by atoms with Crippen LogP contribution in [0, 0.1) is 0 Å². The smallest absolute Gasteiger partial charge is 0.188 e. The molecule has 1 aromatic rings. The predicted molar refractivity (Wildman–Crippen MR) is 79.5 cm³/mol. The number of rotatable bonds is 5. The molecule has 0 aromatic heterocycles. The van der Waals surface area contributed by atoms with Crippen LogP contribution in [-0.4, -0.2) is 25.4 Å². The molecule has 19 heavy (non-hydrogen) atoms. The average Bonchev–Trinajstić information content (AvgIpc) is 2.91. The minimum absolute atomic E-state index is 0.0862. The van der Waals surface area contributed by atoms with E-state index in [0.29, 0.717) is 27.7 Å². The van der Waals surface area contributed by atoms with Crippen LogP contribution in [0.4, 0.5) is 0 Å². The summed E-state index contributed by atoms with van der Waals surface area (Å²) in [4.78, 5) is 12.5. The maximum Gasteiger partial charge on any atom is 0.188 e. The molecule has 1 fully saturated rings.